The SMILES string of the molecule is CC(C)[C@H]1CCCN1C(=O)c1n[nH]c2ccccc12. The lowest BCUT2D eigenvalue weighted by atomic mass is 10.0. The molecule has 0 bridgehead atoms. The number of rotatable bonds is 2. The normalized spacial score (nSPS) is 19.5. The van der Waals surface area contributed by atoms with Gasteiger partial charge in [0.1, 0.15) is 0 Å². The number of nitrogens with zero attached hydrogens (tertiary/aromatic N) is 2. The number of aromatic nitrogens is 2. The van der Waals surface area contributed by atoms with Crippen molar-refractivity contribution >= 4 is 16.8 Å². The predicted octanol–water partition coefficient (Wildman–Crippen LogP) is 2.82. The molecule has 0 spiro atoms. The summed E-state index contributed by atoms with van der Waals surface area (Å²) in [4.78, 5) is 14.7. The number of fused-ring (bicyclic) bond motifs is 1. The molecule has 0 saturated carbocycles. The summed E-state index contributed by atoms with van der Waals surface area (Å²) < 4.78 is 0. The second-order valence-electron chi connectivity index (χ2n) is 5.57. The molecule has 1 aromatic carbocycles. The monoisotopic (exact) mass is 257 g/mol. The zero-order valence-electron chi connectivity index (χ0n) is 11.4. The number of carbonyl (C=O) groups is 1. The lowest BCUT2D eigenvalue weighted by Gasteiger charge is -2.27. The minimum atomic E-state index is 0.0636. The van der Waals surface area contributed by atoms with E-state index >= 15 is 0 Å². The largest absolute Gasteiger partial charge is 0.334 e. The predicted molar refractivity (Wildman–Crippen MR) is 75.0 cm³/mol. The minimum Gasteiger partial charge on any atom is -0.334 e. The first-order valence-corrected chi connectivity index (χ1v) is 6.92. The highest BCUT2D eigenvalue weighted by atomic mass is 16.2. The van der Waals surface area contributed by atoms with Gasteiger partial charge in [-0.15, -0.1) is 0 Å². The molecule has 3 rings (SSSR count). The molecular weight excluding hydrogens is 238 g/mol. The first kappa shape index (κ1) is 12.2. The van der Waals surface area contributed by atoms with Crippen LogP contribution in [0.2, 0.25) is 0 Å². The second-order valence-corrected chi connectivity index (χ2v) is 5.57. The molecule has 1 amide bonds. The van der Waals surface area contributed by atoms with Crippen LogP contribution in [0.3, 0.4) is 0 Å². The van der Waals surface area contributed by atoms with Gasteiger partial charge in [-0.05, 0) is 24.8 Å². The summed E-state index contributed by atoms with van der Waals surface area (Å²) in [5, 5.41) is 8.07. The number of amides is 1. The summed E-state index contributed by atoms with van der Waals surface area (Å²) in [7, 11) is 0. The molecule has 1 N–H and O–H groups in total. The Labute approximate surface area is 112 Å². The third kappa shape index (κ3) is 2.01. The standard InChI is InChI=1S/C15H19N3O/c1-10(2)13-8-5-9-18(13)15(19)14-11-6-3-4-7-12(11)16-17-14/h3-4,6-7,10,13H,5,8-9H2,1-2H3,(H,16,17)/t13-/m1/s1. The number of likely N-dealkylation sites (tertiary alicyclic amines) is 1. The smallest absolute Gasteiger partial charge is 0.275 e. The van der Waals surface area contributed by atoms with E-state index < -0.39 is 0 Å². The Bertz CT molecular complexity index is 602. The lowest BCUT2D eigenvalue weighted by molar-refractivity contribution is 0.0697. The van der Waals surface area contributed by atoms with Crippen molar-refractivity contribution in [2.24, 2.45) is 5.92 Å². The minimum absolute atomic E-state index is 0.0636. The Morgan fingerprint density at radius 2 is 2.21 bits per heavy atom. The lowest BCUT2D eigenvalue weighted by Crippen LogP contribution is -2.38. The van der Waals surface area contributed by atoms with Gasteiger partial charge in [-0.3, -0.25) is 9.89 Å². The Hall–Kier alpha value is -1.84. The average Bonchev–Trinajstić information content (AvgIpc) is 3.05. The van der Waals surface area contributed by atoms with E-state index in [0.717, 1.165) is 30.3 Å². The van der Waals surface area contributed by atoms with Gasteiger partial charge in [0.2, 0.25) is 0 Å². The quantitative estimate of drug-likeness (QED) is 0.899. The van der Waals surface area contributed by atoms with Crippen LogP contribution in [0.1, 0.15) is 37.2 Å². The molecule has 0 aliphatic carbocycles. The molecule has 1 aliphatic rings. The molecule has 19 heavy (non-hydrogen) atoms. The highest BCUT2D eigenvalue weighted by molar-refractivity contribution is 6.04. The van der Waals surface area contributed by atoms with Gasteiger partial charge in [-0.2, -0.15) is 5.10 Å². The topological polar surface area (TPSA) is 49.0 Å². The molecule has 2 heterocycles. The van der Waals surface area contributed by atoms with Gasteiger partial charge < -0.3 is 4.90 Å². The van der Waals surface area contributed by atoms with Gasteiger partial charge in [-0.1, -0.05) is 32.0 Å². The molecular formula is C15H19N3O. The maximum absolute atomic E-state index is 12.7. The van der Waals surface area contributed by atoms with Crippen LogP contribution in [0.15, 0.2) is 24.3 Å². The number of carbonyl (C=O) groups excluding carboxylic acids is 1. The Morgan fingerprint density at radius 3 is 3.00 bits per heavy atom. The van der Waals surface area contributed by atoms with Crippen molar-refractivity contribution in [3.63, 3.8) is 0 Å². The van der Waals surface area contributed by atoms with E-state index in [2.05, 4.69) is 24.0 Å². The molecule has 4 nitrogen and oxygen atoms in total. The maximum atomic E-state index is 12.7. The van der Waals surface area contributed by atoms with Crippen LogP contribution in [0.5, 0.6) is 0 Å². The van der Waals surface area contributed by atoms with Crippen molar-refractivity contribution < 1.29 is 4.79 Å². The fourth-order valence-electron chi connectivity index (χ4n) is 3.00. The molecule has 1 aliphatic heterocycles. The summed E-state index contributed by atoms with van der Waals surface area (Å²) in [6.07, 6.45) is 2.20. The molecule has 0 radical (unpaired) electrons. The van der Waals surface area contributed by atoms with Crippen LogP contribution in [0, 0.1) is 5.92 Å². The highest BCUT2D eigenvalue weighted by Crippen LogP contribution is 2.27. The molecule has 1 saturated heterocycles. The van der Waals surface area contributed by atoms with Crippen molar-refractivity contribution in [1.29, 1.82) is 0 Å². The van der Waals surface area contributed by atoms with Crippen LogP contribution in [-0.4, -0.2) is 33.6 Å². The van der Waals surface area contributed by atoms with Crippen molar-refractivity contribution in [2.45, 2.75) is 32.7 Å². The molecule has 0 unspecified atom stereocenters. The van der Waals surface area contributed by atoms with E-state index in [1.165, 1.54) is 0 Å². The summed E-state index contributed by atoms with van der Waals surface area (Å²) in [5.41, 5.74) is 1.48. The Balaban J connectivity index is 1.95. The molecule has 100 valence electrons. The van der Waals surface area contributed by atoms with E-state index in [1.807, 2.05) is 29.2 Å². The number of hydrogen-bond donors (Lipinski definition) is 1. The molecule has 1 atom stereocenters. The summed E-state index contributed by atoms with van der Waals surface area (Å²) in [6.45, 7) is 5.21. The van der Waals surface area contributed by atoms with Crippen LogP contribution < -0.4 is 0 Å². The zero-order chi connectivity index (χ0) is 13.4. The van der Waals surface area contributed by atoms with E-state index in [4.69, 9.17) is 0 Å². The summed E-state index contributed by atoms with van der Waals surface area (Å²) in [5.74, 6) is 0.560. The van der Waals surface area contributed by atoms with Crippen molar-refractivity contribution in [1.82, 2.24) is 15.1 Å². The summed E-state index contributed by atoms with van der Waals surface area (Å²) >= 11 is 0. The number of para-hydroxylation sites is 1. The van der Waals surface area contributed by atoms with E-state index in [0.29, 0.717) is 17.7 Å². The van der Waals surface area contributed by atoms with Crippen LogP contribution in [-0.2, 0) is 0 Å². The third-order valence-corrected chi connectivity index (χ3v) is 4.00. The number of hydrogen-bond acceptors (Lipinski definition) is 2. The van der Waals surface area contributed by atoms with Crippen LogP contribution >= 0.6 is 0 Å². The number of H-pyrrole nitrogens is 1. The fraction of sp³-hybridized carbons (Fsp3) is 0.467. The van der Waals surface area contributed by atoms with Gasteiger partial charge in [0, 0.05) is 18.0 Å². The highest BCUT2D eigenvalue weighted by Gasteiger charge is 2.32. The van der Waals surface area contributed by atoms with Crippen molar-refractivity contribution in [3.8, 4) is 0 Å². The van der Waals surface area contributed by atoms with Crippen LogP contribution in [0.25, 0.3) is 10.9 Å². The average molecular weight is 257 g/mol. The zero-order valence-corrected chi connectivity index (χ0v) is 11.4. The fourth-order valence-corrected chi connectivity index (χ4v) is 3.00. The van der Waals surface area contributed by atoms with Crippen molar-refractivity contribution in [3.05, 3.63) is 30.0 Å². The van der Waals surface area contributed by atoms with Crippen LogP contribution in [0.4, 0.5) is 0 Å². The number of aromatic amines is 1. The van der Waals surface area contributed by atoms with Gasteiger partial charge in [-0.25, -0.2) is 0 Å². The van der Waals surface area contributed by atoms with Gasteiger partial charge in [0.05, 0.1) is 5.52 Å². The number of benzene rings is 1. The van der Waals surface area contributed by atoms with Gasteiger partial charge >= 0.3 is 0 Å². The Kier molecular flexibility index (Phi) is 3.01. The van der Waals surface area contributed by atoms with Gasteiger partial charge in [0.15, 0.2) is 5.69 Å². The molecule has 1 aromatic heterocycles. The maximum Gasteiger partial charge on any atom is 0.275 e. The number of nitrogens with one attached hydrogen (secondary N) is 1. The van der Waals surface area contributed by atoms with Crippen molar-refractivity contribution in [2.75, 3.05) is 6.54 Å². The van der Waals surface area contributed by atoms with E-state index in [1.54, 1.807) is 0 Å². The molecule has 4 heteroatoms. The first-order chi connectivity index (χ1) is 9.18. The van der Waals surface area contributed by atoms with Gasteiger partial charge in [0.25, 0.3) is 5.91 Å². The van der Waals surface area contributed by atoms with E-state index in [-0.39, 0.29) is 5.91 Å². The van der Waals surface area contributed by atoms with E-state index in [9.17, 15) is 4.79 Å². The second kappa shape index (κ2) is 4.68. The molecule has 2 aromatic rings. The first-order valence-electron chi connectivity index (χ1n) is 6.92. The molecule has 1 fully saturated rings. The Morgan fingerprint density at radius 1 is 1.42 bits per heavy atom. The third-order valence-electron chi connectivity index (χ3n) is 4.00. The summed E-state index contributed by atoms with van der Waals surface area (Å²) in [6, 6.07) is 8.14.